The van der Waals surface area contributed by atoms with E-state index in [2.05, 4.69) is 27.7 Å². The van der Waals surface area contributed by atoms with Gasteiger partial charge in [0.2, 0.25) is 0 Å². The number of unbranched alkanes of at least 4 members (excludes halogenated alkanes) is 25. The number of hydrogen-bond acceptors (Lipinski definition) is 4. The van der Waals surface area contributed by atoms with Crippen molar-refractivity contribution in [2.24, 2.45) is 5.92 Å². The summed E-state index contributed by atoms with van der Waals surface area (Å²) < 4.78 is 10.6. The second-order valence-corrected chi connectivity index (χ2v) is 14.6. The highest BCUT2D eigenvalue weighted by Crippen LogP contribution is 2.16. The lowest BCUT2D eigenvalue weighted by Gasteiger charge is -2.14. The molecule has 0 aromatic heterocycles. The molecule has 0 aromatic carbocycles. The van der Waals surface area contributed by atoms with Crippen LogP contribution >= 0.6 is 0 Å². The average molecular weight is 667 g/mol. The summed E-state index contributed by atoms with van der Waals surface area (Å²) in [4.78, 5) is 23.1. The first-order chi connectivity index (χ1) is 22.9. The molecule has 0 saturated heterocycles. The largest absolute Gasteiger partial charge is 0.465 e. The van der Waals surface area contributed by atoms with Gasteiger partial charge in [0.1, 0.15) is 0 Å². The Morgan fingerprint density at radius 2 is 0.745 bits per heavy atom. The van der Waals surface area contributed by atoms with Crippen molar-refractivity contribution in [1.82, 2.24) is 0 Å². The summed E-state index contributed by atoms with van der Waals surface area (Å²) in [5.41, 5.74) is 0. The molecule has 0 heterocycles. The zero-order valence-corrected chi connectivity index (χ0v) is 33.1. The topological polar surface area (TPSA) is 52.6 Å². The van der Waals surface area contributed by atoms with Gasteiger partial charge in [-0.25, -0.2) is 0 Å². The van der Waals surface area contributed by atoms with Crippen LogP contribution < -0.4 is 0 Å². The number of esters is 2. The van der Waals surface area contributed by atoms with E-state index < -0.39 is 0 Å². The minimum atomic E-state index is -0.0342. The van der Waals surface area contributed by atoms with Crippen LogP contribution in [0.3, 0.4) is 0 Å². The maximum atomic E-state index is 11.8. The van der Waals surface area contributed by atoms with Gasteiger partial charge in [0.15, 0.2) is 0 Å². The molecule has 0 aromatic rings. The molecule has 0 amide bonds. The molecule has 1 unspecified atom stereocenters. The fourth-order valence-electron chi connectivity index (χ4n) is 6.08. The van der Waals surface area contributed by atoms with Crippen LogP contribution in [0.4, 0.5) is 0 Å². The third-order valence-corrected chi connectivity index (χ3v) is 9.36. The van der Waals surface area contributed by atoms with Crippen LogP contribution in [0.5, 0.6) is 0 Å². The minimum absolute atomic E-state index is 0.0167. The van der Waals surface area contributed by atoms with Gasteiger partial charge in [-0.2, -0.15) is 0 Å². The van der Waals surface area contributed by atoms with Gasteiger partial charge >= 0.3 is 11.9 Å². The molecule has 47 heavy (non-hydrogen) atoms. The van der Waals surface area contributed by atoms with Gasteiger partial charge in [-0.15, -0.1) is 0 Å². The van der Waals surface area contributed by atoms with Crippen LogP contribution in [0.15, 0.2) is 0 Å². The summed E-state index contributed by atoms with van der Waals surface area (Å²) in [7, 11) is 0. The summed E-state index contributed by atoms with van der Waals surface area (Å²) >= 11 is 0. The van der Waals surface area contributed by atoms with Crippen LogP contribution in [0.1, 0.15) is 247 Å². The Kier molecular flexibility index (Phi) is 42.0. The van der Waals surface area contributed by atoms with Crippen LogP contribution in [0.2, 0.25) is 0 Å². The summed E-state index contributed by atoms with van der Waals surface area (Å²) in [6.45, 7) is 13.4. The van der Waals surface area contributed by atoms with Crippen molar-refractivity contribution in [3.63, 3.8) is 0 Å². The molecular weight excluding hydrogens is 580 g/mol. The second-order valence-electron chi connectivity index (χ2n) is 14.6. The molecule has 0 rings (SSSR count). The third kappa shape index (κ3) is 42.9. The van der Waals surface area contributed by atoms with E-state index in [0.717, 1.165) is 19.3 Å². The molecule has 0 bridgehead atoms. The Labute approximate surface area is 296 Å². The number of carbonyl (C=O) groups excluding carboxylic acids is 2. The number of ether oxygens (including phenoxy) is 2. The highest BCUT2D eigenvalue weighted by molar-refractivity contribution is 5.69. The lowest BCUT2D eigenvalue weighted by atomic mass is 10.0. The van der Waals surface area contributed by atoms with Crippen molar-refractivity contribution in [1.29, 1.82) is 0 Å². The SMILES string of the molecule is CCCCCCCCCCCCCCCC(=O)OC(C)C.CCCCCCCCCCCCCCCC(=O)OCC(CC)CCCC. The molecule has 0 fully saturated rings. The molecule has 0 aliphatic carbocycles. The zero-order valence-electron chi connectivity index (χ0n) is 33.1. The Morgan fingerprint density at radius 3 is 1.06 bits per heavy atom. The van der Waals surface area contributed by atoms with Crippen molar-refractivity contribution < 1.29 is 19.1 Å². The molecule has 0 aliphatic heterocycles. The van der Waals surface area contributed by atoms with Crippen LogP contribution in [-0.2, 0) is 19.1 Å². The Hall–Kier alpha value is -1.06. The Morgan fingerprint density at radius 1 is 0.426 bits per heavy atom. The average Bonchev–Trinajstić information content (AvgIpc) is 3.05. The van der Waals surface area contributed by atoms with Gasteiger partial charge in [0.05, 0.1) is 12.7 Å². The predicted molar refractivity (Wildman–Crippen MR) is 206 cm³/mol. The first kappa shape index (κ1) is 48.1. The summed E-state index contributed by atoms with van der Waals surface area (Å²) in [6.07, 6.45) is 40.8. The van der Waals surface area contributed by atoms with E-state index in [1.807, 2.05) is 13.8 Å². The lowest BCUT2D eigenvalue weighted by molar-refractivity contribution is -0.147. The smallest absolute Gasteiger partial charge is 0.306 e. The molecule has 282 valence electrons. The zero-order chi connectivity index (χ0) is 35.1. The fraction of sp³-hybridized carbons (Fsp3) is 0.953. The highest BCUT2D eigenvalue weighted by atomic mass is 16.5. The van der Waals surface area contributed by atoms with Gasteiger partial charge in [0, 0.05) is 12.8 Å². The van der Waals surface area contributed by atoms with E-state index in [4.69, 9.17) is 9.47 Å². The first-order valence-corrected chi connectivity index (χ1v) is 21.3. The van der Waals surface area contributed by atoms with E-state index in [1.54, 1.807) is 0 Å². The van der Waals surface area contributed by atoms with Crippen molar-refractivity contribution >= 4 is 11.9 Å². The Balaban J connectivity index is 0. The molecule has 0 N–H and O–H groups in total. The van der Waals surface area contributed by atoms with Crippen molar-refractivity contribution in [3.05, 3.63) is 0 Å². The van der Waals surface area contributed by atoms with Crippen molar-refractivity contribution in [3.8, 4) is 0 Å². The Bertz CT molecular complexity index is 617. The molecule has 4 nitrogen and oxygen atoms in total. The minimum Gasteiger partial charge on any atom is -0.465 e. The fourth-order valence-corrected chi connectivity index (χ4v) is 6.08. The molecule has 0 radical (unpaired) electrons. The highest BCUT2D eigenvalue weighted by Gasteiger charge is 2.10. The van der Waals surface area contributed by atoms with Crippen LogP contribution in [-0.4, -0.2) is 24.6 Å². The maximum absolute atomic E-state index is 11.8. The summed E-state index contributed by atoms with van der Waals surface area (Å²) in [6, 6.07) is 0. The van der Waals surface area contributed by atoms with Crippen molar-refractivity contribution in [2.75, 3.05) is 6.61 Å². The van der Waals surface area contributed by atoms with Gasteiger partial charge in [-0.3, -0.25) is 9.59 Å². The molecule has 1 atom stereocenters. The van der Waals surface area contributed by atoms with Crippen molar-refractivity contribution in [2.45, 2.75) is 253 Å². The van der Waals surface area contributed by atoms with E-state index in [9.17, 15) is 9.59 Å². The van der Waals surface area contributed by atoms with E-state index in [0.29, 0.717) is 25.4 Å². The first-order valence-electron chi connectivity index (χ1n) is 21.3. The second kappa shape index (κ2) is 41.1. The molecule has 4 heteroatoms. The maximum Gasteiger partial charge on any atom is 0.306 e. The molecular formula is C43H86O4. The van der Waals surface area contributed by atoms with Gasteiger partial charge < -0.3 is 9.47 Å². The number of hydrogen-bond donors (Lipinski definition) is 0. The molecule has 0 spiro atoms. The normalized spacial score (nSPS) is 11.7. The van der Waals surface area contributed by atoms with Gasteiger partial charge in [0.25, 0.3) is 0 Å². The monoisotopic (exact) mass is 667 g/mol. The lowest BCUT2D eigenvalue weighted by Crippen LogP contribution is -2.13. The quantitative estimate of drug-likeness (QED) is 0.0499. The van der Waals surface area contributed by atoms with E-state index in [1.165, 1.54) is 173 Å². The van der Waals surface area contributed by atoms with E-state index in [-0.39, 0.29) is 18.0 Å². The van der Waals surface area contributed by atoms with Gasteiger partial charge in [-0.05, 0) is 39.0 Å². The number of rotatable bonds is 35. The van der Waals surface area contributed by atoms with Gasteiger partial charge in [-0.1, -0.05) is 201 Å². The van der Waals surface area contributed by atoms with Crippen LogP contribution in [0, 0.1) is 5.92 Å². The molecule has 0 aliphatic rings. The predicted octanol–water partition coefficient (Wildman–Crippen LogP) is 14.6. The molecule has 0 saturated carbocycles. The van der Waals surface area contributed by atoms with E-state index >= 15 is 0 Å². The number of carbonyl (C=O) groups is 2. The summed E-state index contributed by atoms with van der Waals surface area (Å²) in [5.74, 6) is 0.543. The van der Waals surface area contributed by atoms with Crippen LogP contribution in [0.25, 0.3) is 0 Å². The third-order valence-electron chi connectivity index (χ3n) is 9.36. The summed E-state index contributed by atoms with van der Waals surface area (Å²) in [5, 5.41) is 0. The standard InChI is InChI=1S/C24H48O2.C19H38O2/c1-4-7-9-10-11-12-13-14-15-16-17-18-19-21-24(25)26-22-23(6-3)20-8-5-2;1-4-5-6-7-8-9-10-11-12-13-14-15-16-17-19(20)21-18(2)3/h23H,4-22H2,1-3H3;18H,4-17H2,1-3H3.